The van der Waals surface area contributed by atoms with Crippen LogP contribution in [0.5, 0.6) is 0 Å². The lowest BCUT2D eigenvalue weighted by Gasteiger charge is -2.26. The number of aromatic nitrogens is 1. The van der Waals surface area contributed by atoms with E-state index < -0.39 is 0 Å². The third kappa shape index (κ3) is 2.10. The van der Waals surface area contributed by atoms with Crippen molar-refractivity contribution in [3.05, 3.63) is 35.5 Å². The summed E-state index contributed by atoms with van der Waals surface area (Å²) >= 11 is 0. The van der Waals surface area contributed by atoms with Crippen LogP contribution in [0.4, 0.5) is 0 Å². The van der Waals surface area contributed by atoms with Crippen molar-refractivity contribution < 1.29 is 4.74 Å². The van der Waals surface area contributed by atoms with Crippen molar-refractivity contribution >= 4 is 10.9 Å². The number of hydrogen-bond donors (Lipinski definition) is 1. The number of hydrogen-bond acceptors (Lipinski definition) is 3. The van der Waals surface area contributed by atoms with Gasteiger partial charge in [-0.25, -0.2) is 0 Å². The maximum absolute atomic E-state index is 8.96. The van der Waals surface area contributed by atoms with Crippen molar-refractivity contribution in [2.45, 2.75) is 6.54 Å². The van der Waals surface area contributed by atoms with E-state index in [0.29, 0.717) is 5.56 Å². The predicted octanol–water partition coefficient (Wildman–Crippen LogP) is 1.87. The van der Waals surface area contributed by atoms with E-state index in [0.717, 1.165) is 43.8 Å². The van der Waals surface area contributed by atoms with Gasteiger partial charge in [0.05, 0.1) is 24.8 Å². The van der Waals surface area contributed by atoms with Crippen LogP contribution < -0.4 is 0 Å². The number of nitrogens with zero attached hydrogens (tertiary/aromatic N) is 2. The summed E-state index contributed by atoms with van der Waals surface area (Å²) in [7, 11) is 0. The van der Waals surface area contributed by atoms with E-state index in [9.17, 15) is 0 Å². The lowest BCUT2D eigenvalue weighted by atomic mass is 10.1. The highest BCUT2D eigenvalue weighted by Crippen LogP contribution is 2.21. The monoisotopic (exact) mass is 241 g/mol. The average Bonchev–Trinajstić information content (AvgIpc) is 2.82. The number of benzene rings is 1. The van der Waals surface area contributed by atoms with Crippen molar-refractivity contribution in [3.63, 3.8) is 0 Å². The zero-order valence-corrected chi connectivity index (χ0v) is 10.1. The summed E-state index contributed by atoms with van der Waals surface area (Å²) < 4.78 is 5.35. The van der Waals surface area contributed by atoms with E-state index in [1.165, 1.54) is 5.56 Å². The molecule has 0 spiro atoms. The molecule has 0 bridgehead atoms. The second-order valence-corrected chi connectivity index (χ2v) is 4.57. The number of nitriles is 1. The van der Waals surface area contributed by atoms with Gasteiger partial charge in [-0.3, -0.25) is 4.90 Å². The van der Waals surface area contributed by atoms with E-state index in [4.69, 9.17) is 10.00 Å². The van der Waals surface area contributed by atoms with Crippen LogP contribution in [0.25, 0.3) is 10.9 Å². The molecule has 0 atom stereocenters. The number of aromatic amines is 1. The van der Waals surface area contributed by atoms with E-state index >= 15 is 0 Å². The van der Waals surface area contributed by atoms with Gasteiger partial charge in [-0.05, 0) is 23.8 Å². The van der Waals surface area contributed by atoms with Gasteiger partial charge in [-0.1, -0.05) is 0 Å². The summed E-state index contributed by atoms with van der Waals surface area (Å²) in [4.78, 5) is 5.64. The molecule has 0 amide bonds. The topological polar surface area (TPSA) is 52.0 Å². The molecule has 1 aliphatic rings. The largest absolute Gasteiger partial charge is 0.379 e. The van der Waals surface area contributed by atoms with Crippen molar-refractivity contribution in [2.75, 3.05) is 26.3 Å². The van der Waals surface area contributed by atoms with Crippen LogP contribution in [-0.4, -0.2) is 36.2 Å². The Morgan fingerprint density at radius 3 is 2.94 bits per heavy atom. The van der Waals surface area contributed by atoms with E-state index in [1.54, 1.807) is 0 Å². The van der Waals surface area contributed by atoms with Gasteiger partial charge in [0.15, 0.2) is 0 Å². The molecule has 18 heavy (non-hydrogen) atoms. The third-order valence-electron chi connectivity index (χ3n) is 3.39. The van der Waals surface area contributed by atoms with Crippen LogP contribution in [0.15, 0.2) is 24.4 Å². The fourth-order valence-corrected chi connectivity index (χ4v) is 2.38. The van der Waals surface area contributed by atoms with Crippen molar-refractivity contribution in [1.29, 1.82) is 5.26 Å². The molecule has 4 heteroatoms. The number of fused-ring (bicyclic) bond motifs is 1. The molecule has 4 nitrogen and oxygen atoms in total. The van der Waals surface area contributed by atoms with Crippen LogP contribution in [0.1, 0.15) is 11.1 Å². The van der Waals surface area contributed by atoms with Gasteiger partial charge in [-0.2, -0.15) is 5.26 Å². The Morgan fingerprint density at radius 1 is 1.33 bits per heavy atom. The fourth-order valence-electron chi connectivity index (χ4n) is 2.38. The minimum atomic E-state index is 0.713. The zero-order valence-electron chi connectivity index (χ0n) is 10.1. The first kappa shape index (κ1) is 11.3. The first-order valence-corrected chi connectivity index (χ1v) is 6.17. The van der Waals surface area contributed by atoms with Crippen molar-refractivity contribution in [1.82, 2.24) is 9.88 Å². The molecule has 0 radical (unpaired) electrons. The standard InChI is InChI=1S/C14H15N3O/c15-8-11-1-2-14-13(7-11)12(9-16-14)10-17-3-5-18-6-4-17/h1-2,7,9,16H,3-6,10H2. The summed E-state index contributed by atoms with van der Waals surface area (Å²) in [5, 5.41) is 10.1. The van der Waals surface area contributed by atoms with Crippen LogP contribution in [0, 0.1) is 11.3 Å². The molecule has 3 rings (SSSR count). The van der Waals surface area contributed by atoms with Crippen LogP contribution in [0.2, 0.25) is 0 Å². The van der Waals surface area contributed by atoms with Crippen LogP contribution >= 0.6 is 0 Å². The number of morpholine rings is 1. The van der Waals surface area contributed by atoms with Crippen LogP contribution in [0.3, 0.4) is 0 Å². The number of rotatable bonds is 2. The highest BCUT2D eigenvalue weighted by atomic mass is 16.5. The number of ether oxygens (including phenoxy) is 1. The smallest absolute Gasteiger partial charge is 0.0991 e. The van der Waals surface area contributed by atoms with Gasteiger partial charge in [-0.15, -0.1) is 0 Å². The van der Waals surface area contributed by atoms with E-state index in [1.807, 2.05) is 24.4 Å². The fraction of sp³-hybridized carbons (Fsp3) is 0.357. The maximum atomic E-state index is 8.96. The predicted molar refractivity (Wildman–Crippen MR) is 69.1 cm³/mol. The summed E-state index contributed by atoms with van der Waals surface area (Å²) in [5.74, 6) is 0. The zero-order chi connectivity index (χ0) is 12.4. The van der Waals surface area contributed by atoms with Crippen LogP contribution in [-0.2, 0) is 11.3 Å². The van der Waals surface area contributed by atoms with Gasteiger partial charge in [0.25, 0.3) is 0 Å². The molecule has 1 saturated heterocycles. The molecule has 0 saturated carbocycles. The summed E-state index contributed by atoms with van der Waals surface area (Å²) in [6.45, 7) is 4.49. The summed E-state index contributed by atoms with van der Waals surface area (Å²) in [6.07, 6.45) is 2.04. The Balaban J connectivity index is 1.89. The molecule has 1 fully saturated rings. The Bertz CT molecular complexity index is 591. The average molecular weight is 241 g/mol. The van der Waals surface area contributed by atoms with Gasteiger partial charge >= 0.3 is 0 Å². The number of nitrogens with one attached hydrogen (secondary N) is 1. The second-order valence-electron chi connectivity index (χ2n) is 4.57. The third-order valence-corrected chi connectivity index (χ3v) is 3.39. The quantitative estimate of drug-likeness (QED) is 0.873. The first-order chi connectivity index (χ1) is 8.86. The SMILES string of the molecule is N#Cc1ccc2[nH]cc(CN3CCOCC3)c2c1. The van der Waals surface area contributed by atoms with E-state index in [2.05, 4.69) is 16.0 Å². The lowest BCUT2D eigenvalue weighted by molar-refractivity contribution is 0.0343. The highest BCUT2D eigenvalue weighted by Gasteiger charge is 2.13. The molecule has 1 aromatic heterocycles. The van der Waals surface area contributed by atoms with Gasteiger partial charge in [0.2, 0.25) is 0 Å². The van der Waals surface area contributed by atoms with Crippen molar-refractivity contribution in [3.8, 4) is 6.07 Å². The van der Waals surface area contributed by atoms with Gasteiger partial charge in [0.1, 0.15) is 0 Å². The Hall–Kier alpha value is -1.83. The molecular weight excluding hydrogens is 226 g/mol. The molecule has 2 aromatic rings. The normalized spacial score (nSPS) is 16.8. The van der Waals surface area contributed by atoms with Gasteiger partial charge in [0, 0.05) is 36.7 Å². The molecule has 2 heterocycles. The Morgan fingerprint density at radius 2 is 2.17 bits per heavy atom. The Labute approximate surface area is 106 Å². The minimum absolute atomic E-state index is 0.713. The molecule has 1 N–H and O–H groups in total. The second kappa shape index (κ2) is 4.81. The molecule has 0 unspecified atom stereocenters. The highest BCUT2D eigenvalue weighted by molar-refractivity contribution is 5.84. The first-order valence-electron chi connectivity index (χ1n) is 6.17. The van der Waals surface area contributed by atoms with Crippen molar-refractivity contribution in [2.24, 2.45) is 0 Å². The maximum Gasteiger partial charge on any atom is 0.0991 e. The number of H-pyrrole nitrogens is 1. The molecule has 0 aliphatic carbocycles. The Kier molecular flexibility index (Phi) is 3.01. The molecule has 1 aliphatic heterocycles. The molecule has 92 valence electrons. The van der Waals surface area contributed by atoms with E-state index in [-0.39, 0.29) is 0 Å². The lowest BCUT2D eigenvalue weighted by Crippen LogP contribution is -2.35. The molecule has 1 aromatic carbocycles. The minimum Gasteiger partial charge on any atom is -0.379 e. The summed E-state index contributed by atoms with van der Waals surface area (Å²) in [5.41, 5.74) is 3.06. The summed E-state index contributed by atoms with van der Waals surface area (Å²) in [6, 6.07) is 7.97. The van der Waals surface area contributed by atoms with Gasteiger partial charge < -0.3 is 9.72 Å². The molecular formula is C14H15N3O.